The van der Waals surface area contributed by atoms with E-state index in [-0.39, 0.29) is 5.56 Å². The number of nitrogens with two attached hydrogens (primary N) is 1. The maximum absolute atomic E-state index is 13.1. The number of aliphatic hydroxyl groups is 1. The first kappa shape index (κ1) is 14.8. The lowest BCUT2D eigenvalue weighted by Gasteiger charge is -2.16. The molecule has 3 rings (SSSR count). The number of fused-ring (bicyclic) bond motifs is 1. The minimum Gasteiger partial charge on any atom is -0.462 e. The fourth-order valence-corrected chi connectivity index (χ4v) is 2.54. The van der Waals surface area contributed by atoms with Gasteiger partial charge in [0.15, 0.2) is 0 Å². The number of benzene rings is 2. The van der Waals surface area contributed by atoms with Gasteiger partial charge >= 0.3 is 0 Å². The Morgan fingerprint density at radius 3 is 2.57 bits per heavy atom. The molecule has 0 bridgehead atoms. The number of nitrogens with zero attached hydrogens (tertiary/aromatic N) is 2. The summed E-state index contributed by atoms with van der Waals surface area (Å²) in [5.41, 5.74) is 7.39. The van der Waals surface area contributed by atoms with Crippen LogP contribution in [0, 0.1) is 12.0 Å². The van der Waals surface area contributed by atoms with Gasteiger partial charge in [-0.15, -0.1) is 0 Å². The molecule has 23 heavy (non-hydrogen) atoms. The van der Waals surface area contributed by atoms with Crippen molar-refractivity contribution in [1.82, 2.24) is 9.55 Å². The van der Waals surface area contributed by atoms with Crippen molar-refractivity contribution in [3.8, 4) is 17.7 Å². The SMILES string of the molecule is CC(N)c1nc2cccc(C#CO)c2c(=O)n1-c1ccccc1. The van der Waals surface area contributed by atoms with Gasteiger partial charge in [-0.25, -0.2) is 4.98 Å². The van der Waals surface area contributed by atoms with E-state index in [9.17, 15) is 4.79 Å². The first-order chi connectivity index (χ1) is 11.1. The van der Waals surface area contributed by atoms with Gasteiger partial charge in [0.2, 0.25) is 0 Å². The fraction of sp³-hybridized carbons (Fsp3) is 0.111. The lowest BCUT2D eigenvalue weighted by molar-refractivity contribution is 0.517. The fourth-order valence-electron chi connectivity index (χ4n) is 2.54. The molecule has 0 amide bonds. The highest BCUT2D eigenvalue weighted by molar-refractivity contribution is 5.84. The molecule has 0 fully saturated rings. The van der Waals surface area contributed by atoms with Gasteiger partial charge in [0.25, 0.3) is 5.56 Å². The normalized spacial score (nSPS) is 11.7. The zero-order chi connectivity index (χ0) is 16.4. The van der Waals surface area contributed by atoms with Crippen LogP contribution < -0.4 is 11.3 Å². The molecule has 114 valence electrons. The summed E-state index contributed by atoms with van der Waals surface area (Å²) in [6.07, 6.45) is 1.85. The van der Waals surface area contributed by atoms with E-state index in [1.165, 1.54) is 4.57 Å². The van der Waals surface area contributed by atoms with E-state index in [0.717, 1.165) is 0 Å². The highest BCUT2D eigenvalue weighted by Gasteiger charge is 2.17. The number of hydrogen-bond donors (Lipinski definition) is 2. The molecule has 5 heteroatoms. The van der Waals surface area contributed by atoms with E-state index in [1.807, 2.05) is 36.4 Å². The Kier molecular flexibility index (Phi) is 3.83. The number of aliphatic hydroxyl groups excluding tert-OH is 1. The second-order valence-corrected chi connectivity index (χ2v) is 5.17. The maximum atomic E-state index is 13.1. The molecule has 1 heterocycles. The van der Waals surface area contributed by atoms with Gasteiger partial charge < -0.3 is 10.8 Å². The van der Waals surface area contributed by atoms with Gasteiger partial charge in [-0.2, -0.15) is 0 Å². The summed E-state index contributed by atoms with van der Waals surface area (Å²) in [7, 11) is 0. The van der Waals surface area contributed by atoms with Gasteiger partial charge in [-0.05, 0) is 37.1 Å². The van der Waals surface area contributed by atoms with Crippen molar-refractivity contribution >= 4 is 10.9 Å². The van der Waals surface area contributed by atoms with Crippen LogP contribution in [0.4, 0.5) is 0 Å². The quantitative estimate of drug-likeness (QED) is 0.710. The van der Waals surface area contributed by atoms with Crippen molar-refractivity contribution in [2.45, 2.75) is 13.0 Å². The predicted octanol–water partition coefficient (Wildman–Crippen LogP) is 2.09. The average molecular weight is 305 g/mol. The third-order valence-electron chi connectivity index (χ3n) is 3.54. The van der Waals surface area contributed by atoms with Crippen LogP contribution in [0.15, 0.2) is 53.3 Å². The van der Waals surface area contributed by atoms with Gasteiger partial charge in [-0.1, -0.05) is 24.3 Å². The second kappa shape index (κ2) is 5.95. The van der Waals surface area contributed by atoms with Gasteiger partial charge in [0.05, 0.1) is 22.6 Å². The van der Waals surface area contributed by atoms with E-state index >= 15 is 0 Å². The standard InChI is InChI=1S/C18H15N3O2/c1-12(19)17-20-15-9-5-6-13(10-11-22)16(15)18(23)21(17)14-7-3-2-4-8-14/h2-9,12,22H,19H2,1H3. The Balaban J connectivity index is 2.48. The van der Waals surface area contributed by atoms with Gasteiger partial charge in [0.1, 0.15) is 11.9 Å². The Hall–Kier alpha value is -3.10. The summed E-state index contributed by atoms with van der Waals surface area (Å²) in [6, 6.07) is 13.9. The van der Waals surface area contributed by atoms with Crippen LogP contribution >= 0.6 is 0 Å². The maximum Gasteiger partial charge on any atom is 0.267 e. The molecule has 0 aliphatic carbocycles. The van der Waals surface area contributed by atoms with Crippen LogP contribution in [0.25, 0.3) is 16.6 Å². The molecule has 0 spiro atoms. The molecular weight excluding hydrogens is 290 g/mol. The van der Waals surface area contributed by atoms with Crippen molar-refractivity contribution in [2.24, 2.45) is 5.73 Å². The summed E-state index contributed by atoms with van der Waals surface area (Å²) in [6.45, 7) is 1.78. The van der Waals surface area contributed by atoms with Crippen molar-refractivity contribution in [2.75, 3.05) is 0 Å². The van der Waals surface area contributed by atoms with E-state index in [4.69, 9.17) is 10.8 Å². The van der Waals surface area contributed by atoms with E-state index in [2.05, 4.69) is 10.9 Å². The van der Waals surface area contributed by atoms with Crippen LogP contribution in [0.3, 0.4) is 0 Å². The van der Waals surface area contributed by atoms with E-state index in [1.54, 1.807) is 25.1 Å². The molecule has 1 atom stereocenters. The van der Waals surface area contributed by atoms with Crippen LogP contribution in [0.2, 0.25) is 0 Å². The van der Waals surface area contributed by atoms with Crippen molar-refractivity contribution in [3.63, 3.8) is 0 Å². The topological polar surface area (TPSA) is 81.1 Å². The molecule has 3 aromatic rings. The molecule has 0 saturated heterocycles. The summed E-state index contributed by atoms with van der Waals surface area (Å²) in [5.74, 6) is 3.01. The number of hydrogen-bond acceptors (Lipinski definition) is 4. The number of para-hydroxylation sites is 1. The Labute approximate surface area is 133 Å². The lowest BCUT2D eigenvalue weighted by Crippen LogP contribution is -2.27. The van der Waals surface area contributed by atoms with Gasteiger partial charge in [0, 0.05) is 5.56 Å². The molecule has 2 aromatic carbocycles. The third kappa shape index (κ3) is 2.56. The van der Waals surface area contributed by atoms with Crippen molar-refractivity contribution < 1.29 is 5.11 Å². The number of aromatic nitrogens is 2. The molecule has 5 nitrogen and oxygen atoms in total. The molecule has 1 unspecified atom stereocenters. The van der Waals surface area contributed by atoms with Gasteiger partial charge in [-0.3, -0.25) is 9.36 Å². The summed E-state index contributed by atoms with van der Waals surface area (Å²) in [5, 5.41) is 9.25. The molecule has 3 N–H and O–H groups in total. The first-order valence-electron chi connectivity index (χ1n) is 7.15. The number of rotatable bonds is 2. The third-order valence-corrected chi connectivity index (χ3v) is 3.54. The molecule has 0 saturated carbocycles. The Morgan fingerprint density at radius 1 is 1.17 bits per heavy atom. The monoisotopic (exact) mass is 305 g/mol. The van der Waals surface area contributed by atoms with E-state index in [0.29, 0.717) is 28.0 Å². The summed E-state index contributed by atoms with van der Waals surface area (Å²) >= 11 is 0. The van der Waals surface area contributed by atoms with Crippen LogP contribution in [-0.2, 0) is 0 Å². The second-order valence-electron chi connectivity index (χ2n) is 5.17. The zero-order valence-corrected chi connectivity index (χ0v) is 12.5. The van der Waals surface area contributed by atoms with Crippen LogP contribution in [0.5, 0.6) is 0 Å². The Bertz CT molecular complexity index is 980. The predicted molar refractivity (Wildman–Crippen MR) is 88.8 cm³/mol. The minimum absolute atomic E-state index is 0.258. The smallest absolute Gasteiger partial charge is 0.267 e. The molecule has 0 radical (unpaired) electrons. The molecule has 1 aromatic heterocycles. The molecule has 0 aliphatic rings. The van der Waals surface area contributed by atoms with Crippen molar-refractivity contribution in [3.05, 3.63) is 70.3 Å². The molecule has 0 aliphatic heterocycles. The largest absolute Gasteiger partial charge is 0.462 e. The summed E-state index contributed by atoms with van der Waals surface area (Å²) in [4.78, 5) is 17.6. The van der Waals surface area contributed by atoms with Crippen LogP contribution in [0.1, 0.15) is 24.4 Å². The Morgan fingerprint density at radius 2 is 1.91 bits per heavy atom. The highest BCUT2D eigenvalue weighted by atomic mass is 16.2. The van der Waals surface area contributed by atoms with E-state index < -0.39 is 6.04 Å². The van der Waals surface area contributed by atoms with Crippen LogP contribution in [-0.4, -0.2) is 14.7 Å². The lowest BCUT2D eigenvalue weighted by atomic mass is 10.1. The highest BCUT2D eigenvalue weighted by Crippen LogP contribution is 2.18. The zero-order valence-electron chi connectivity index (χ0n) is 12.5. The molecular formula is C18H15N3O2. The summed E-state index contributed by atoms with van der Waals surface area (Å²) < 4.78 is 1.50. The average Bonchev–Trinajstić information content (AvgIpc) is 2.55. The minimum atomic E-state index is -0.417. The first-order valence-corrected chi connectivity index (χ1v) is 7.15. The van der Waals surface area contributed by atoms with Crippen molar-refractivity contribution in [1.29, 1.82) is 0 Å².